The number of nitriles is 1. The van der Waals surface area contributed by atoms with Crippen molar-refractivity contribution in [2.24, 2.45) is 0 Å². The van der Waals surface area contributed by atoms with Crippen LogP contribution >= 0.6 is 0 Å². The van der Waals surface area contributed by atoms with Gasteiger partial charge in [-0.25, -0.2) is 9.37 Å². The average molecular weight is 336 g/mol. The van der Waals surface area contributed by atoms with Crippen molar-refractivity contribution in [1.82, 2.24) is 14.8 Å². The quantitative estimate of drug-likeness (QED) is 0.742. The van der Waals surface area contributed by atoms with Gasteiger partial charge in [-0.2, -0.15) is 15.0 Å². The highest BCUT2D eigenvalue weighted by Crippen LogP contribution is 2.33. The second-order valence-corrected chi connectivity index (χ2v) is 5.51. The Morgan fingerprint density at radius 1 is 1.28 bits per heavy atom. The van der Waals surface area contributed by atoms with Crippen LogP contribution in [0.15, 0.2) is 36.7 Å². The third kappa shape index (κ3) is 2.85. The third-order valence-electron chi connectivity index (χ3n) is 3.84. The third-order valence-corrected chi connectivity index (χ3v) is 3.84. The number of pyridine rings is 1. The molecule has 0 saturated carbocycles. The van der Waals surface area contributed by atoms with Gasteiger partial charge in [-0.15, -0.1) is 0 Å². The molecule has 0 atom stereocenters. The van der Waals surface area contributed by atoms with Gasteiger partial charge in [-0.1, -0.05) is 0 Å². The van der Waals surface area contributed by atoms with Crippen LogP contribution in [-0.4, -0.2) is 25.7 Å². The number of rotatable bonds is 3. The molecule has 0 radical (unpaired) electrons. The van der Waals surface area contributed by atoms with E-state index in [9.17, 15) is 14.3 Å². The van der Waals surface area contributed by atoms with E-state index in [-0.39, 0.29) is 17.2 Å². The van der Waals surface area contributed by atoms with Crippen molar-refractivity contribution in [3.63, 3.8) is 0 Å². The lowest BCUT2D eigenvalue weighted by molar-refractivity contribution is 0.101. The molecule has 3 rings (SSSR count). The smallest absolute Gasteiger partial charge is 0.223 e. The largest absolute Gasteiger partial charge is 0.493 e. The number of aromatic hydroxyl groups is 1. The first-order chi connectivity index (χ1) is 11.9. The Kier molecular flexibility index (Phi) is 4.03. The van der Waals surface area contributed by atoms with Crippen LogP contribution in [0.3, 0.4) is 0 Å². The van der Waals surface area contributed by atoms with E-state index in [0.717, 1.165) is 0 Å². The molecule has 0 saturated heterocycles. The average Bonchev–Trinajstić information content (AvgIpc) is 2.98. The molecule has 0 aliphatic heterocycles. The van der Waals surface area contributed by atoms with Crippen LogP contribution in [0, 0.1) is 24.1 Å². The predicted molar refractivity (Wildman–Crippen MR) is 87.9 cm³/mol. The van der Waals surface area contributed by atoms with Crippen LogP contribution in [0.5, 0.6) is 5.88 Å². The van der Waals surface area contributed by atoms with Gasteiger partial charge in [0, 0.05) is 11.8 Å². The van der Waals surface area contributed by atoms with E-state index in [2.05, 4.69) is 10.1 Å². The Bertz CT molecular complexity index is 1020. The number of carbonyl (C=O) groups is 1. The summed E-state index contributed by atoms with van der Waals surface area (Å²) in [5.41, 5.74) is 1.77. The standard InChI is InChI=1S/C18H13FN4O2/c1-10-5-13(7-20)16(19)6-14(10)15-9-22-23(18(15)25)17-4-3-12(8-21-17)11(2)24/h3-6,8-9,25H,1-2H3. The van der Waals surface area contributed by atoms with Crippen LogP contribution in [0.4, 0.5) is 4.39 Å². The molecule has 2 heterocycles. The van der Waals surface area contributed by atoms with Crippen molar-refractivity contribution in [2.45, 2.75) is 13.8 Å². The number of halogens is 1. The molecule has 3 aromatic rings. The summed E-state index contributed by atoms with van der Waals surface area (Å²) in [5, 5.41) is 23.4. The molecule has 0 amide bonds. The van der Waals surface area contributed by atoms with Gasteiger partial charge >= 0.3 is 0 Å². The summed E-state index contributed by atoms with van der Waals surface area (Å²) in [5.74, 6) is -0.678. The summed E-state index contributed by atoms with van der Waals surface area (Å²) in [4.78, 5) is 15.4. The van der Waals surface area contributed by atoms with E-state index in [0.29, 0.717) is 28.1 Å². The summed E-state index contributed by atoms with van der Waals surface area (Å²) >= 11 is 0. The molecule has 124 valence electrons. The molecular weight excluding hydrogens is 323 g/mol. The number of Topliss-reactive ketones (excluding diaryl/α,β-unsaturated/α-hetero) is 1. The van der Waals surface area contributed by atoms with Gasteiger partial charge in [-0.05, 0) is 49.2 Å². The van der Waals surface area contributed by atoms with Crippen LogP contribution in [0.1, 0.15) is 28.4 Å². The van der Waals surface area contributed by atoms with Crippen LogP contribution in [-0.2, 0) is 0 Å². The minimum Gasteiger partial charge on any atom is -0.493 e. The summed E-state index contributed by atoms with van der Waals surface area (Å²) in [6, 6.07) is 7.53. The molecule has 0 aliphatic rings. The fraction of sp³-hybridized carbons (Fsp3) is 0.111. The highest BCUT2D eigenvalue weighted by molar-refractivity contribution is 5.93. The first kappa shape index (κ1) is 16.3. The van der Waals surface area contributed by atoms with Crippen molar-refractivity contribution >= 4 is 5.78 Å². The SMILES string of the molecule is CC(=O)c1ccc(-n2ncc(-c3cc(F)c(C#N)cc3C)c2O)nc1. The number of hydrogen-bond donors (Lipinski definition) is 1. The van der Waals surface area contributed by atoms with Crippen molar-refractivity contribution < 1.29 is 14.3 Å². The monoisotopic (exact) mass is 336 g/mol. The summed E-state index contributed by atoms with van der Waals surface area (Å²) in [7, 11) is 0. The fourth-order valence-corrected chi connectivity index (χ4v) is 2.48. The number of nitrogens with zero attached hydrogens (tertiary/aromatic N) is 4. The Balaban J connectivity index is 2.06. The number of aryl methyl sites for hydroxylation is 1. The molecule has 0 fully saturated rings. The van der Waals surface area contributed by atoms with Crippen molar-refractivity contribution in [3.8, 4) is 28.9 Å². The van der Waals surface area contributed by atoms with Crippen LogP contribution < -0.4 is 0 Å². The second-order valence-electron chi connectivity index (χ2n) is 5.51. The van der Waals surface area contributed by atoms with Crippen LogP contribution in [0.2, 0.25) is 0 Å². The highest BCUT2D eigenvalue weighted by Gasteiger charge is 2.17. The summed E-state index contributed by atoms with van der Waals surface area (Å²) < 4.78 is 15.1. The maximum absolute atomic E-state index is 13.9. The minimum atomic E-state index is -0.667. The lowest BCUT2D eigenvalue weighted by Crippen LogP contribution is -2.01. The van der Waals surface area contributed by atoms with E-state index < -0.39 is 5.82 Å². The van der Waals surface area contributed by atoms with Crippen molar-refractivity contribution in [2.75, 3.05) is 0 Å². The molecule has 7 heteroatoms. The zero-order chi connectivity index (χ0) is 18.1. The minimum absolute atomic E-state index is 0.0605. The Morgan fingerprint density at radius 3 is 2.64 bits per heavy atom. The lowest BCUT2D eigenvalue weighted by Gasteiger charge is -2.07. The Morgan fingerprint density at radius 2 is 2.04 bits per heavy atom. The number of ketones is 1. The Labute approximate surface area is 142 Å². The molecule has 1 N–H and O–H groups in total. The van der Waals surface area contributed by atoms with Gasteiger partial charge in [0.1, 0.15) is 11.9 Å². The molecule has 6 nitrogen and oxygen atoms in total. The van der Waals surface area contributed by atoms with Gasteiger partial charge < -0.3 is 5.11 Å². The maximum atomic E-state index is 13.9. The van der Waals surface area contributed by atoms with Crippen molar-refractivity contribution in [1.29, 1.82) is 5.26 Å². The number of hydrogen-bond acceptors (Lipinski definition) is 5. The highest BCUT2D eigenvalue weighted by atomic mass is 19.1. The van der Waals surface area contributed by atoms with Crippen LogP contribution in [0.25, 0.3) is 16.9 Å². The Hall–Kier alpha value is -3.53. The van der Waals surface area contributed by atoms with Gasteiger partial charge in [0.25, 0.3) is 0 Å². The molecular formula is C18H13FN4O2. The topological polar surface area (TPSA) is 91.8 Å². The molecule has 0 spiro atoms. The molecule has 0 unspecified atom stereocenters. The fourth-order valence-electron chi connectivity index (χ4n) is 2.48. The van der Waals surface area contributed by atoms with E-state index in [4.69, 9.17) is 5.26 Å². The molecule has 25 heavy (non-hydrogen) atoms. The van der Waals surface area contributed by atoms with E-state index >= 15 is 0 Å². The summed E-state index contributed by atoms with van der Waals surface area (Å²) in [6.45, 7) is 3.15. The maximum Gasteiger partial charge on any atom is 0.223 e. The number of benzene rings is 1. The number of carbonyl (C=O) groups excluding carboxylic acids is 1. The van der Waals surface area contributed by atoms with Crippen molar-refractivity contribution in [3.05, 3.63) is 59.2 Å². The first-order valence-electron chi connectivity index (χ1n) is 7.37. The molecule has 0 aliphatic carbocycles. The van der Waals surface area contributed by atoms with Gasteiger partial charge in [-0.3, -0.25) is 4.79 Å². The number of aromatic nitrogens is 3. The predicted octanol–water partition coefficient (Wildman–Crippen LogP) is 3.16. The second kappa shape index (κ2) is 6.17. The molecule has 2 aromatic heterocycles. The first-order valence-corrected chi connectivity index (χ1v) is 7.37. The zero-order valence-corrected chi connectivity index (χ0v) is 13.5. The van der Waals surface area contributed by atoms with E-state index in [1.54, 1.807) is 25.1 Å². The van der Waals surface area contributed by atoms with Gasteiger partial charge in [0.2, 0.25) is 5.88 Å². The molecule has 0 bridgehead atoms. The summed E-state index contributed by atoms with van der Waals surface area (Å²) in [6.07, 6.45) is 2.79. The van der Waals surface area contributed by atoms with E-state index in [1.807, 2.05) is 0 Å². The lowest BCUT2D eigenvalue weighted by atomic mass is 10.0. The van der Waals surface area contributed by atoms with Gasteiger partial charge in [0.05, 0.1) is 17.3 Å². The normalized spacial score (nSPS) is 10.5. The van der Waals surface area contributed by atoms with Gasteiger partial charge in [0.15, 0.2) is 11.6 Å². The zero-order valence-electron chi connectivity index (χ0n) is 13.5. The molecule has 1 aromatic carbocycles. The van der Waals surface area contributed by atoms with E-state index in [1.165, 1.54) is 36.1 Å².